The van der Waals surface area contributed by atoms with Gasteiger partial charge in [0.05, 0.1) is 11.6 Å². The molecule has 0 saturated heterocycles. The van der Waals surface area contributed by atoms with Crippen molar-refractivity contribution >= 4 is 15.9 Å². The molecule has 0 aliphatic rings. The van der Waals surface area contributed by atoms with Gasteiger partial charge in [0.25, 0.3) is 0 Å². The van der Waals surface area contributed by atoms with Gasteiger partial charge in [-0.05, 0) is 46.1 Å². The maximum atomic E-state index is 9.14. The van der Waals surface area contributed by atoms with E-state index in [1.54, 1.807) is 14.2 Å². The molecule has 0 amide bonds. The van der Waals surface area contributed by atoms with Gasteiger partial charge in [0, 0.05) is 13.6 Å². The molecule has 3 nitrogen and oxygen atoms in total. The first kappa shape index (κ1) is 11.5. The number of rotatable bonds is 3. The van der Waals surface area contributed by atoms with Gasteiger partial charge in [0.1, 0.15) is 5.75 Å². The van der Waals surface area contributed by atoms with Gasteiger partial charge in [-0.25, -0.2) is 0 Å². The van der Waals surface area contributed by atoms with Crippen LogP contribution in [0.5, 0.6) is 5.75 Å². The molecule has 1 N–H and O–H groups in total. The van der Waals surface area contributed by atoms with Crippen LogP contribution >= 0.6 is 15.9 Å². The molecular weight excluding hydrogens is 246 g/mol. The van der Waals surface area contributed by atoms with E-state index in [0.717, 1.165) is 26.4 Å². The van der Waals surface area contributed by atoms with Crippen molar-refractivity contribution in [3.8, 4) is 5.75 Å². The average molecular weight is 260 g/mol. The number of halogens is 1. The molecule has 0 atom stereocenters. The Morgan fingerprint density at radius 1 is 1.50 bits per heavy atom. The molecule has 0 unspecified atom stereocenters. The van der Waals surface area contributed by atoms with Crippen LogP contribution < -0.4 is 4.74 Å². The minimum Gasteiger partial charge on any atom is -0.496 e. The summed E-state index contributed by atoms with van der Waals surface area (Å²) >= 11 is 3.41. The molecule has 4 heteroatoms. The molecule has 0 radical (unpaired) electrons. The van der Waals surface area contributed by atoms with Crippen molar-refractivity contribution in [1.82, 2.24) is 5.06 Å². The molecule has 0 heterocycles. The molecule has 0 fully saturated rings. The van der Waals surface area contributed by atoms with Crippen LogP contribution in [0.3, 0.4) is 0 Å². The van der Waals surface area contributed by atoms with Crippen molar-refractivity contribution in [1.29, 1.82) is 0 Å². The number of aryl methyl sites for hydroxylation is 1. The number of hydrogen-bond donors (Lipinski definition) is 1. The maximum Gasteiger partial charge on any atom is 0.133 e. The quantitative estimate of drug-likeness (QED) is 0.848. The zero-order chi connectivity index (χ0) is 10.7. The highest BCUT2D eigenvalue weighted by Gasteiger charge is 2.06. The Balaban J connectivity index is 3.04. The lowest BCUT2D eigenvalue weighted by atomic mass is 10.1. The third-order valence-corrected chi connectivity index (χ3v) is 2.63. The average Bonchev–Trinajstić information content (AvgIpc) is 2.09. The van der Waals surface area contributed by atoms with Gasteiger partial charge in [-0.2, -0.15) is 5.06 Å². The Labute approximate surface area is 92.4 Å². The van der Waals surface area contributed by atoms with E-state index in [4.69, 9.17) is 9.94 Å². The van der Waals surface area contributed by atoms with Crippen LogP contribution in [0.15, 0.2) is 16.6 Å². The molecule has 0 bridgehead atoms. The first-order valence-corrected chi connectivity index (χ1v) is 5.07. The van der Waals surface area contributed by atoms with Gasteiger partial charge in [-0.15, -0.1) is 0 Å². The van der Waals surface area contributed by atoms with Gasteiger partial charge >= 0.3 is 0 Å². The summed E-state index contributed by atoms with van der Waals surface area (Å²) in [5.74, 6) is 0.785. The van der Waals surface area contributed by atoms with Crippen molar-refractivity contribution in [3.63, 3.8) is 0 Å². The number of nitrogens with zero attached hydrogens (tertiary/aromatic N) is 1. The summed E-state index contributed by atoms with van der Waals surface area (Å²) in [6.07, 6.45) is 0. The zero-order valence-electron chi connectivity index (χ0n) is 8.54. The van der Waals surface area contributed by atoms with Gasteiger partial charge in [0.2, 0.25) is 0 Å². The van der Waals surface area contributed by atoms with E-state index in [-0.39, 0.29) is 0 Å². The molecule has 1 aromatic carbocycles. The largest absolute Gasteiger partial charge is 0.496 e. The normalized spacial score (nSPS) is 10.7. The van der Waals surface area contributed by atoms with E-state index < -0.39 is 0 Å². The van der Waals surface area contributed by atoms with Gasteiger partial charge in [0.15, 0.2) is 0 Å². The standard InChI is InChI=1S/C10H14BrNO2/c1-7-4-9(11)10(14-3)5-8(7)6-12(2)13/h4-5,13H,6H2,1-3H3. The SMILES string of the molecule is COc1cc(CN(C)O)c(C)cc1Br. The molecule has 0 spiro atoms. The molecule has 0 aliphatic heterocycles. The van der Waals surface area contributed by atoms with E-state index in [1.807, 2.05) is 19.1 Å². The van der Waals surface area contributed by atoms with Crippen LogP contribution in [-0.4, -0.2) is 24.4 Å². The highest BCUT2D eigenvalue weighted by Crippen LogP contribution is 2.28. The fraction of sp³-hybridized carbons (Fsp3) is 0.400. The Morgan fingerprint density at radius 3 is 2.64 bits per heavy atom. The monoisotopic (exact) mass is 259 g/mol. The van der Waals surface area contributed by atoms with Crippen molar-refractivity contribution in [3.05, 3.63) is 27.7 Å². The number of benzene rings is 1. The molecule has 0 saturated carbocycles. The summed E-state index contributed by atoms with van der Waals surface area (Å²) in [7, 11) is 3.25. The van der Waals surface area contributed by atoms with Crippen molar-refractivity contribution in [2.45, 2.75) is 13.5 Å². The molecule has 0 aliphatic carbocycles. The highest BCUT2D eigenvalue weighted by atomic mass is 79.9. The lowest BCUT2D eigenvalue weighted by Gasteiger charge is -2.13. The summed E-state index contributed by atoms with van der Waals surface area (Å²) in [4.78, 5) is 0. The first-order valence-electron chi connectivity index (χ1n) is 4.27. The fourth-order valence-electron chi connectivity index (χ4n) is 1.27. The van der Waals surface area contributed by atoms with Crippen molar-refractivity contribution in [2.24, 2.45) is 0 Å². The molecule has 0 aromatic heterocycles. The van der Waals surface area contributed by atoms with Crippen molar-refractivity contribution in [2.75, 3.05) is 14.2 Å². The number of methoxy groups -OCH3 is 1. The number of hydrogen-bond acceptors (Lipinski definition) is 3. The summed E-state index contributed by atoms with van der Waals surface area (Å²) < 4.78 is 6.11. The summed E-state index contributed by atoms with van der Waals surface area (Å²) in [6.45, 7) is 2.50. The highest BCUT2D eigenvalue weighted by molar-refractivity contribution is 9.10. The summed E-state index contributed by atoms with van der Waals surface area (Å²) in [5, 5.41) is 10.3. The van der Waals surface area contributed by atoms with Crippen LogP contribution in [0.1, 0.15) is 11.1 Å². The van der Waals surface area contributed by atoms with Crippen LogP contribution in [0.2, 0.25) is 0 Å². The minimum absolute atomic E-state index is 0.496. The topological polar surface area (TPSA) is 32.7 Å². The van der Waals surface area contributed by atoms with Crippen LogP contribution in [-0.2, 0) is 6.54 Å². The maximum absolute atomic E-state index is 9.14. The fourth-order valence-corrected chi connectivity index (χ4v) is 1.89. The summed E-state index contributed by atoms with van der Waals surface area (Å²) in [6, 6.07) is 3.91. The predicted molar refractivity (Wildman–Crippen MR) is 58.7 cm³/mol. The van der Waals surface area contributed by atoms with Crippen LogP contribution in [0.25, 0.3) is 0 Å². The van der Waals surface area contributed by atoms with Crippen LogP contribution in [0.4, 0.5) is 0 Å². The van der Waals surface area contributed by atoms with E-state index >= 15 is 0 Å². The van der Waals surface area contributed by atoms with E-state index in [9.17, 15) is 0 Å². The first-order chi connectivity index (χ1) is 6.54. The van der Waals surface area contributed by atoms with Gasteiger partial charge in [-0.1, -0.05) is 0 Å². The molecule has 78 valence electrons. The molecule has 1 aromatic rings. The smallest absolute Gasteiger partial charge is 0.133 e. The van der Waals surface area contributed by atoms with Gasteiger partial charge < -0.3 is 9.94 Å². The van der Waals surface area contributed by atoms with Gasteiger partial charge in [-0.3, -0.25) is 0 Å². The molecule has 14 heavy (non-hydrogen) atoms. The van der Waals surface area contributed by atoms with Crippen LogP contribution in [0, 0.1) is 6.92 Å². The van der Waals surface area contributed by atoms with E-state index in [0.29, 0.717) is 6.54 Å². The molecule has 1 rings (SSSR count). The second kappa shape index (κ2) is 4.77. The van der Waals surface area contributed by atoms with E-state index in [2.05, 4.69) is 15.9 Å². The van der Waals surface area contributed by atoms with E-state index in [1.165, 1.54) is 0 Å². The molecular formula is C10H14BrNO2. The zero-order valence-corrected chi connectivity index (χ0v) is 10.1. The minimum atomic E-state index is 0.496. The number of ether oxygens (including phenoxy) is 1. The predicted octanol–water partition coefficient (Wildman–Crippen LogP) is 2.59. The lowest BCUT2D eigenvalue weighted by Crippen LogP contribution is -2.12. The lowest BCUT2D eigenvalue weighted by molar-refractivity contribution is -0.0733. The third kappa shape index (κ3) is 2.70. The Hall–Kier alpha value is -0.580. The Morgan fingerprint density at radius 2 is 2.14 bits per heavy atom. The summed E-state index contributed by atoms with van der Waals surface area (Å²) in [5.41, 5.74) is 2.17. The third-order valence-electron chi connectivity index (χ3n) is 2.01. The Kier molecular flexibility index (Phi) is 3.92. The number of hydroxylamine groups is 2. The van der Waals surface area contributed by atoms with Crippen molar-refractivity contribution < 1.29 is 9.94 Å². The second-order valence-corrected chi connectivity index (χ2v) is 4.08. The Bertz CT molecular complexity index is 326. The second-order valence-electron chi connectivity index (χ2n) is 3.23.